The third-order valence-electron chi connectivity index (χ3n) is 3.59. The molecule has 1 saturated heterocycles. The molecule has 0 aromatic carbocycles. The maximum atomic E-state index is 13.4. The summed E-state index contributed by atoms with van der Waals surface area (Å²) in [5.41, 5.74) is 0.953. The minimum atomic E-state index is -0.262. The van der Waals surface area contributed by atoms with Gasteiger partial charge in [0.15, 0.2) is 0 Å². The third-order valence-corrected chi connectivity index (χ3v) is 3.59. The van der Waals surface area contributed by atoms with E-state index in [1.54, 1.807) is 6.07 Å². The Labute approximate surface area is 113 Å². The van der Waals surface area contributed by atoms with Crippen LogP contribution in [0.2, 0.25) is 0 Å². The molecule has 1 aliphatic carbocycles. The Balaban J connectivity index is 1.76. The highest BCUT2D eigenvalue weighted by atomic mass is 19.1. The average Bonchev–Trinajstić information content (AvgIpc) is 3.24. The predicted molar refractivity (Wildman–Crippen MR) is 71.7 cm³/mol. The second-order valence-corrected chi connectivity index (χ2v) is 5.24. The van der Waals surface area contributed by atoms with Crippen LogP contribution in [0.25, 0.3) is 0 Å². The molecule has 1 aliphatic heterocycles. The van der Waals surface area contributed by atoms with Gasteiger partial charge in [0.1, 0.15) is 11.6 Å². The van der Waals surface area contributed by atoms with Crippen LogP contribution >= 0.6 is 0 Å². The summed E-state index contributed by atoms with van der Waals surface area (Å²) in [7, 11) is 0. The van der Waals surface area contributed by atoms with Crippen molar-refractivity contribution in [1.82, 2.24) is 10.3 Å². The van der Waals surface area contributed by atoms with E-state index in [-0.39, 0.29) is 5.82 Å². The standard InChI is InChI=1S/C14H20FN3O/c15-12-8-11(9-16-13-2-3-13)14(17-10-12)18-4-1-6-19-7-5-18/h8,10,13,16H,1-7,9H2. The van der Waals surface area contributed by atoms with Crippen LogP contribution in [0, 0.1) is 5.82 Å². The van der Waals surface area contributed by atoms with Gasteiger partial charge in [0, 0.05) is 37.8 Å². The zero-order valence-electron chi connectivity index (χ0n) is 11.1. The van der Waals surface area contributed by atoms with Crippen molar-refractivity contribution in [3.05, 3.63) is 23.6 Å². The molecule has 0 bridgehead atoms. The highest BCUT2D eigenvalue weighted by Crippen LogP contribution is 2.23. The fourth-order valence-corrected chi connectivity index (χ4v) is 2.39. The van der Waals surface area contributed by atoms with Crippen molar-refractivity contribution in [1.29, 1.82) is 0 Å². The summed E-state index contributed by atoms with van der Waals surface area (Å²) in [6, 6.07) is 2.22. The van der Waals surface area contributed by atoms with Gasteiger partial charge < -0.3 is 15.0 Å². The Hall–Kier alpha value is -1.20. The number of rotatable bonds is 4. The number of hydrogen-bond donors (Lipinski definition) is 1. The number of nitrogens with one attached hydrogen (secondary N) is 1. The van der Waals surface area contributed by atoms with Crippen molar-refractivity contribution in [2.24, 2.45) is 0 Å². The minimum Gasteiger partial charge on any atom is -0.380 e. The number of nitrogens with zero attached hydrogens (tertiary/aromatic N) is 2. The van der Waals surface area contributed by atoms with E-state index in [0.717, 1.165) is 37.5 Å². The van der Waals surface area contributed by atoms with Crippen LogP contribution in [0.15, 0.2) is 12.3 Å². The molecule has 0 radical (unpaired) electrons. The molecular formula is C14H20FN3O. The number of halogens is 1. The summed E-state index contributed by atoms with van der Waals surface area (Å²) in [6.45, 7) is 3.97. The highest BCUT2D eigenvalue weighted by Gasteiger charge is 2.22. The Kier molecular flexibility index (Phi) is 3.94. The van der Waals surface area contributed by atoms with E-state index in [1.165, 1.54) is 19.0 Å². The summed E-state index contributed by atoms with van der Waals surface area (Å²) in [5, 5.41) is 3.43. The average molecular weight is 265 g/mol. The quantitative estimate of drug-likeness (QED) is 0.899. The summed E-state index contributed by atoms with van der Waals surface area (Å²) in [6.07, 6.45) is 4.77. The SMILES string of the molecule is Fc1cnc(N2CCCOCC2)c(CNC2CC2)c1. The molecule has 1 aromatic heterocycles. The summed E-state index contributed by atoms with van der Waals surface area (Å²) >= 11 is 0. The van der Waals surface area contributed by atoms with Crippen LogP contribution in [0.1, 0.15) is 24.8 Å². The molecule has 2 fully saturated rings. The van der Waals surface area contributed by atoms with Crippen molar-refractivity contribution >= 4 is 5.82 Å². The van der Waals surface area contributed by atoms with E-state index in [4.69, 9.17) is 4.74 Å². The molecule has 0 spiro atoms. The van der Waals surface area contributed by atoms with Crippen molar-refractivity contribution in [2.75, 3.05) is 31.2 Å². The first-order valence-corrected chi connectivity index (χ1v) is 7.03. The molecule has 1 N–H and O–H groups in total. The van der Waals surface area contributed by atoms with Gasteiger partial charge in [-0.2, -0.15) is 0 Å². The number of anilines is 1. The lowest BCUT2D eigenvalue weighted by Crippen LogP contribution is -2.29. The van der Waals surface area contributed by atoms with Crippen LogP contribution in [0.3, 0.4) is 0 Å². The topological polar surface area (TPSA) is 37.4 Å². The third kappa shape index (κ3) is 3.42. The number of hydrogen-bond acceptors (Lipinski definition) is 4. The van der Waals surface area contributed by atoms with Crippen LogP contribution in [0.4, 0.5) is 10.2 Å². The first kappa shape index (κ1) is 12.8. The molecule has 5 heteroatoms. The molecule has 0 unspecified atom stereocenters. The van der Waals surface area contributed by atoms with Gasteiger partial charge >= 0.3 is 0 Å². The van der Waals surface area contributed by atoms with Gasteiger partial charge in [0.2, 0.25) is 0 Å². The van der Waals surface area contributed by atoms with Gasteiger partial charge in [0.25, 0.3) is 0 Å². The van der Waals surface area contributed by atoms with Crippen molar-refractivity contribution in [2.45, 2.75) is 31.8 Å². The highest BCUT2D eigenvalue weighted by molar-refractivity contribution is 5.47. The van der Waals surface area contributed by atoms with E-state index in [1.807, 2.05) is 0 Å². The lowest BCUT2D eigenvalue weighted by atomic mass is 10.2. The van der Waals surface area contributed by atoms with Crippen molar-refractivity contribution < 1.29 is 9.13 Å². The zero-order valence-corrected chi connectivity index (χ0v) is 11.1. The predicted octanol–water partition coefficient (Wildman–Crippen LogP) is 1.70. The molecule has 1 saturated carbocycles. The molecule has 4 nitrogen and oxygen atoms in total. The van der Waals surface area contributed by atoms with Gasteiger partial charge in [-0.05, 0) is 25.3 Å². The maximum absolute atomic E-state index is 13.4. The molecule has 1 aromatic rings. The lowest BCUT2D eigenvalue weighted by Gasteiger charge is -2.23. The van der Waals surface area contributed by atoms with Gasteiger partial charge in [0.05, 0.1) is 12.8 Å². The largest absolute Gasteiger partial charge is 0.380 e. The zero-order chi connectivity index (χ0) is 13.1. The molecule has 2 heterocycles. The number of ether oxygens (including phenoxy) is 1. The molecule has 104 valence electrons. The first-order valence-electron chi connectivity index (χ1n) is 7.03. The van der Waals surface area contributed by atoms with Crippen molar-refractivity contribution in [3.8, 4) is 0 Å². The Morgan fingerprint density at radius 1 is 1.37 bits per heavy atom. The fraction of sp³-hybridized carbons (Fsp3) is 0.643. The maximum Gasteiger partial charge on any atom is 0.141 e. The van der Waals surface area contributed by atoms with Gasteiger partial charge in [-0.15, -0.1) is 0 Å². The van der Waals surface area contributed by atoms with E-state index >= 15 is 0 Å². The Morgan fingerprint density at radius 2 is 2.26 bits per heavy atom. The Morgan fingerprint density at radius 3 is 3.11 bits per heavy atom. The summed E-state index contributed by atoms with van der Waals surface area (Å²) in [4.78, 5) is 6.50. The van der Waals surface area contributed by atoms with Gasteiger partial charge in [-0.3, -0.25) is 0 Å². The van der Waals surface area contributed by atoms with Crippen LogP contribution < -0.4 is 10.2 Å². The monoisotopic (exact) mass is 265 g/mol. The molecular weight excluding hydrogens is 245 g/mol. The Bertz CT molecular complexity index is 429. The summed E-state index contributed by atoms with van der Waals surface area (Å²) in [5.74, 6) is 0.641. The molecule has 2 aliphatic rings. The van der Waals surface area contributed by atoms with E-state index in [2.05, 4.69) is 15.2 Å². The van der Waals surface area contributed by atoms with E-state index in [9.17, 15) is 4.39 Å². The van der Waals surface area contributed by atoms with Crippen LogP contribution in [0.5, 0.6) is 0 Å². The van der Waals surface area contributed by atoms with Gasteiger partial charge in [-0.25, -0.2) is 9.37 Å². The second kappa shape index (κ2) is 5.84. The molecule has 0 amide bonds. The minimum absolute atomic E-state index is 0.262. The lowest BCUT2D eigenvalue weighted by molar-refractivity contribution is 0.152. The second-order valence-electron chi connectivity index (χ2n) is 5.24. The van der Waals surface area contributed by atoms with Crippen molar-refractivity contribution in [3.63, 3.8) is 0 Å². The van der Waals surface area contributed by atoms with E-state index < -0.39 is 0 Å². The van der Waals surface area contributed by atoms with Gasteiger partial charge in [-0.1, -0.05) is 0 Å². The number of aromatic nitrogens is 1. The smallest absolute Gasteiger partial charge is 0.141 e. The number of pyridine rings is 1. The van der Waals surface area contributed by atoms with Crippen LogP contribution in [-0.4, -0.2) is 37.3 Å². The molecule has 19 heavy (non-hydrogen) atoms. The fourth-order valence-electron chi connectivity index (χ4n) is 2.39. The first-order chi connectivity index (χ1) is 9.33. The van der Waals surface area contributed by atoms with Crippen LogP contribution in [-0.2, 0) is 11.3 Å². The normalized spacial score (nSPS) is 20.4. The van der Waals surface area contributed by atoms with E-state index in [0.29, 0.717) is 19.2 Å². The molecule has 3 rings (SSSR count). The molecule has 0 atom stereocenters. The summed E-state index contributed by atoms with van der Waals surface area (Å²) < 4.78 is 18.9.